The Kier molecular flexibility index (Phi) is 4.62. The predicted molar refractivity (Wildman–Crippen MR) is 65.1 cm³/mol. The number of nitrogens with one attached hydrogen (secondary N) is 2. The number of amides is 2. The molecular weight excluding hydrogens is 291 g/mol. The number of halogens is 2. The van der Waals surface area contributed by atoms with Crippen molar-refractivity contribution in [2.75, 3.05) is 7.05 Å². The molecule has 1 aromatic carbocycles. The molecule has 0 aliphatic rings. The van der Waals surface area contributed by atoms with E-state index in [4.69, 9.17) is 0 Å². The van der Waals surface area contributed by atoms with Crippen LogP contribution in [0.25, 0.3) is 0 Å². The number of likely N-dealkylation sites (N-methyl/N-ethyl adjacent to an activating group) is 1. The van der Waals surface area contributed by atoms with Crippen molar-refractivity contribution < 1.29 is 14.0 Å². The van der Waals surface area contributed by atoms with Crippen molar-refractivity contribution >= 4 is 27.7 Å². The molecule has 6 heteroatoms. The fourth-order valence-corrected chi connectivity index (χ4v) is 1.79. The van der Waals surface area contributed by atoms with Crippen LogP contribution >= 0.6 is 15.9 Å². The second-order valence-electron chi connectivity index (χ2n) is 3.41. The summed E-state index contributed by atoms with van der Waals surface area (Å²) in [6, 6.07) is 3.50. The monoisotopic (exact) mass is 302 g/mol. The number of benzene rings is 1. The maximum Gasteiger partial charge on any atom is 0.256 e. The van der Waals surface area contributed by atoms with Crippen LogP contribution < -0.4 is 10.6 Å². The minimum absolute atomic E-state index is 0.108. The Morgan fingerprint density at radius 1 is 1.41 bits per heavy atom. The smallest absolute Gasteiger partial charge is 0.256 e. The first-order valence-corrected chi connectivity index (χ1v) is 5.73. The topological polar surface area (TPSA) is 58.2 Å². The van der Waals surface area contributed by atoms with E-state index < -0.39 is 17.8 Å². The molecule has 0 heterocycles. The van der Waals surface area contributed by atoms with E-state index in [1.165, 1.54) is 26.1 Å². The van der Waals surface area contributed by atoms with Gasteiger partial charge in [-0.25, -0.2) is 4.39 Å². The van der Waals surface area contributed by atoms with Gasteiger partial charge in [0.1, 0.15) is 11.9 Å². The van der Waals surface area contributed by atoms with Crippen molar-refractivity contribution in [3.8, 4) is 0 Å². The number of rotatable bonds is 3. The Bertz CT molecular complexity index is 431. The summed E-state index contributed by atoms with van der Waals surface area (Å²) in [6.07, 6.45) is 0. The predicted octanol–water partition coefficient (Wildman–Crippen LogP) is 1.45. The zero-order valence-corrected chi connectivity index (χ0v) is 11.0. The quantitative estimate of drug-likeness (QED) is 0.888. The highest BCUT2D eigenvalue weighted by atomic mass is 79.9. The molecule has 2 amide bonds. The molecule has 0 spiro atoms. The van der Waals surface area contributed by atoms with E-state index in [9.17, 15) is 14.0 Å². The van der Waals surface area contributed by atoms with Gasteiger partial charge in [-0.15, -0.1) is 0 Å². The number of carbonyl (C=O) groups is 2. The lowest BCUT2D eigenvalue weighted by atomic mass is 10.2. The van der Waals surface area contributed by atoms with Gasteiger partial charge >= 0.3 is 0 Å². The first kappa shape index (κ1) is 13.6. The van der Waals surface area contributed by atoms with Gasteiger partial charge in [0.2, 0.25) is 5.91 Å². The Balaban J connectivity index is 2.87. The average Bonchev–Trinajstić information content (AvgIpc) is 2.27. The van der Waals surface area contributed by atoms with Gasteiger partial charge in [0.05, 0.1) is 5.56 Å². The Morgan fingerprint density at radius 2 is 2.06 bits per heavy atom. The summed E-state index contributed by atoms with van der Waals surface area (Å²) < 4.78 is 13.8. The zero-order chi connectivity index (χ0) is 13.0. The Morgan fingerprint density at radius 3 is 2.59 bits per heavy atom. The molecule has 0 fully saturated rings. The summed E-state index contributed by atoms with van der Waals surface area (Å²) in [5.74, 6) is -1.61. The lowest BCUT2D eigenvalue weighted by Crippen LogP contribution is -2.43. The normalized spacial score (nSPS) is 11.8. The van der Waals surface area contributed by atoms with E-state index in [0.717, 1.165) is 0 Å². The van der Waals surface area contributed by atoms with Gasteiger partial charge in [-0.05, 0) is 35.0 Å². The van der Waals surface area contributed by atoms with E-state index in [1.54, 1.807) is 6.07 Å². The van der Waals surface area contributed by atoms with E-state index in [0.29, 0.717) is 4.47 Å². The highest BCUT2D eigenvalue weighted by Crippen LogP contribution is 2.19. The SMILES string of the molecule is CNC(=O)C(C)NC(=O)c1c(F)cccc1Br. The molecule has 0 saturated carbocycles. The summed E-state index contributed by atoms with van der Waals surface area (Å²) in [4.78, 5) is 23.0. The third kappa shape index (κ3) is 3.26. The third-order valence-electron chi connectivity index (χ3n) is 2.18. The third-order valence-corrected chi connectivity index (χ3v) is 2.84. The van der Waals surface area contributed by atoms with Gasteiger partial charge in [-0.1, -0.05) is 6.07 Å². The fraction of sp³-hybridized carbons (Fsp3) is 0.273. The fourth-order valence-electron chi connectivity index (χ4n) is 1.27. The molecule has 92 valence electrons. The Labute approximate surface area is 107 Å². The highest BCUT2D eigenvalue weighted by molar-refractivity contribution is 9.10. The molecule has 2 N–H and O–H groups in total. The molecule has 0 aromatic heterocycles. The van der Waals surface area contributed by atoms with Crippen LogP contribution in [0.3, 0.4) is 0 Å². The summed E-state index contributed by atoms with van der Waals surface area (Å²) in [5, 5.41) is 4.80. The number of hydrogen-bond acceptors (Lipinski definition) is 2. The lowest BCUT2D eigenvalue weighted by Gasteiger charge is -2.13. The number of hydrogen-bond donors (Lipinski definition) is 2. The molecule has 17 heavy (non-hydrogen) atoms. The van der Waals surface area contributed by atoms with Crippen LogP contribution in [0.15, 0.2) is 22.7 Å². The van der Waals surface area contributed by atoms with Gasteiger partial charge in [-0.3, -0.25) is 9.59 Å². The molecule has 0 saturated heterocycles. The van der Waals surface area contributed by atoms with Gasteiger partial charge < -0.3 is 10.6 Å². The van der Waals surface area contributed by atoms with Crippen LogP contribution in [0.5, 0.6) is 0 Å². The van der Waals surface area contributed by atoms with Crippen molar-refractivity contribution in [3.63, 3.8) is 0 Å². The van der Waals surface area contributed by atoms with Crippen molar-refractivity contribution in [1.82, 2.24) is 10.6 Å². The molecule has 0 radical (unpaired) electrons. The molecule has 0 bridgehead atoms. The molecular formula is C11H12BrFN2O2. The maximum absolute atomic E-state index is 13.4. The van der Waals surface area contributed by atoms with E-state index in [1.807, 2.05) is 0 Å². The van der Waals surface area contributed by atoms with Crippen LogP contribution in [0.4, 0.5) is 4.39 Å². The zero-order valence-electron chi connectivity index (χ0n) is 9.38. The summed E-state index contributed by atoms with van der Waals surface area (Å²) in [5.41, 5.74) is -0.108. The standard InChI is InChI=1S/C11H12BrFN2O2/c1-6(10(16)14-2)15-11(17)9-7(12)4-3-5-8(9)13/h3-6H,1-2H3,(H,14,16)(H,15,17). The lowest BCUT2D eigenvalue weighted by molar-refractivity contribution is -0.122. The van der Waals surface area contributed by atoms with Gasteiger partial charge in [0.15, 0.2) is 0 Å². The molecule has 1 unspecified atom stereocenters. The molecule has 0 aliphatic heterocycles. The largest absolute Gasteiger partial charge is 0.357 e. The molecule has 1 aromatic rings. The van der Waals surface area contributed by atoms with Crippen molar-refractivity contribution in [2.24, 2.45) is 0 Å². The second kappa shape index (κ2) is 5.77. The van der Waals surface area contributed by atoms with Crippen LogP contribution in [0.2, 0.25) is 0 Å². The summed E-state index contributed by atoms with van der Waals surface area (Å²) in [7, 11) is 1.46. The van der Waals surface area contributed by atoms with Gasteiger partial charge in [-0.2, -0.15) is 0 Å². The van der Waals surface area contributed by atoms with E-state index in [2.05, 4.69) is 26.6 Å². The average molecular weight is 303 g/mol. The first-order chi connectivity index (χ1) is 7.97. The Hall–Kier alpha value is -1.43. The number of carbonyl (C=O) groups excluding carboxylic acids is 2. The van der Waals surface area contributed by atoms with Gasteiger partial charge in [0.25, 0.3) is 5.91 Å². The minimum atomic E-state index is -0.723. The van der Waals surface area contributed by atoms with Crippen LogP contribution in [-0.4, -0.2) is 24.9 Å². The molecule has 4 nitrogen and oxygen atoms in total. The van der Waals surface area contributed by atoms with Crippen molar-refractivity contribution in [3.05, 3.63) is 34.1 Å². The first-order valence-electron chi connectivity index (χ1n) is 4.93. The van der Waals surface area contributed by atoms with E-state index >= 15 is 0 Å². The summed E-state index contributed by atoms with van der Waals surface area (Å²) in [6.45, 7) is 1.52. The molecule has 1 atom stereocenters. The maximum atomic E-state index is 13.4. The van der Waals surface area contributed by atoms with Crippen molar-refractivity contribution in [2.45, 2.75) is 13.0 Å². The van der Waals surface area contributed by atoms with E-state index in [-0.39, 0.29) is 11.5 Å². The van der Waals surface area contributed by atoms with Crippen LogP contribution in [0, 0.1) is 5.82 Å². The summed E-state index contributed by atoms with van der Waals surface area (Å²) >= 11 is 3.09. The minimum Gasteiger partial charge on any atom is -0.357 e. The highest BCUT2D eigenvalue weighted by Gasteiger charge is 2.19. The molecule has 0 aliphatic carbocycles. The second-order valence-corrected chi connectivity index (χ2v) is 4.26. The van der Waals surface area contributed by atoms with Crippen molar-refractivity contribution in [1.29, 1.82) is 0 Å². The van der Waals surface area contributed by atoms with Gasteiger partial charge in [0, 0.05) is 11.5 Å². The van der Waals surface area contributed by atoms with Crippen LogP contribution in [0.1, 0.15) is 17.3 Å². The molecule has 1 rings (SSSR count). The van der Waals surface area contributed by atoms with Crippen LogP contribution in [-0.2, 0) is 4.79 Å².